The second-order valence-electron chi connectivity index (χ2n) is 5.98. The van der Waals surface area contributed by atoms with Crippen LogP contribution in [-0.4, -0.2) is 17.4 Å². The van der Waals surface area contributed by atoms with E-state index < -0.39 is 0 Å². The predicted molar refractivity (Wildman–Crippen MR) is 118 cm³/mol. The summed E-state index contributed by atoms with van der Waals surface area (Å²) in [5.41, 5.74) is 2.34. The molecule has 0 aliphatic rings. The fraction of sp³-hybridized carbons (Fsp3) is 0.0909. The summed E-state index contributed by atoms with van der Waals surface area (Å²) in [6.45, 7) is 0. The minimum Gasteiger partial charge on any atom is -0.325 e. The average Bonchev–Trinajstić information content (AvgIpc) is 2.71. The van der Waals surface area contributed by atoms with Crippen LogP contribution in [0.2, 0.25) is 10.0 Å². The van der Waals surface area contributed by atoms with E-state index in [0.29, 0.717) is 32.6 Å². The van der Waals surface area contributed by atoms with Crippen molar-refractivity contribution in [3.05, 3.63) is 99.5 Å². The van der Waals surface area contributed by atoms with E-state index in [-0.39, 0.29) is 17.4 Å². The molecular formula is C22H17Cl2NO2S. The third-order valence-electron chi connectivity index (χ3n) is 4.02. The van der Waals surface area contributed by atoms with Gasteiger partial charge in [0, 0.05) is 26.9 Å². The molecule has 3 aromatic rings. The Balaban J connectivity index is 1.64. The van der Waals surface area contributed by atoms with E-state index >= 15 is 0 Å². The molecule has 0 radical (unpaired) electrons. The summed E-state index contributed by atoms with van der Waals surface area (Å²) in [4.78, 5) is 25.1. The van der Waals surface area contributed by atoms with Crippen molar-refractivity contribution in [1.82, 2.24) is 0 Å². The predicted octanol–water partition coefficient (Wildman–Crippen LogP) is 6.10. The number of hydrogen-bond acceptors (Lipinski definition) is 3. The van der Waals surface area contributed by atoms with Crippen LogP contribution in [0.1, 0.15) is 21.5 Å². The molecule has 0 aromatic heterocycles. The van der Waals surface area contributed by atoms with Gasteiger partial charge in [0.05, 0.1) is 11.4 Å². The molecule has 3 rings (SSSR count). The molecule has 0 spiro atoms. The lowest BCUT2D eigenvalue weighted by Gasteiger charge is -2.11. The number of para-hydroxylation sites is 1. The molecule has 0 aliphatic heterocycles. The van der Waals surface area contributed by atoms with Crippen LogP contribution in [0.3, 0.4) is 0 Å². The van der Waals surface area contributed by atoms with E-state index in [1.807, 2.05) is 18.2 Å². The first-order valence-electron chi connectivity index (χ1n) is 8.55. The Labute approximate surface area is 178 Å². The molecular weight excluding hydrogens is 413 g/mol. The highest BCUT2D eigenvalue weighted by molar-refractivity contribution is 7.99. The van der Waals surface area contributed by atoms with E-state index in [0.717, 1.165) is 5.56 Å². The van der Waals surface area contributed by atoms with Gasteiger partial charge in [-0.2, -0.15) is 0 Å². The molecule has 6 heteroatoms. The normalized spacial score (nSPS) is 10.5. The Morgan fingerprint density at radius 1 is 0.821 bits per heavy atom. The van der Waals surface area contributed by atoms with Gasteiger partial charge >= 0.3 is 0 Å². The molecule has 0 unspecified atom stereocenters. The first-order valence-corrected chi connectivity index (χ1v) is 10.5. The molecule has 0 aliphatic carbocycles. The maximum atomic E-state index is 12.7. The molecule has 0 saturated carbocycles. The van der Waals surface area contributed by atoms with Gasteiger partial charge in [0.1, 0.15) is 0 Å². The molecule has 0 bridgehead atoms. The third kappa shape index (κ3) is 5.16. The summed E-state index contributed by atoms with van der Waals surface area (Å²) in [5.74, 6) is 0.417. The van der Waals surface area contributed by atoms with Crippen LogP contribution in [0.5, 0.6) is 0 Å². The summed E-state index contributed by atoms with van der Waals surface area (Å²) in [7, 11) is 0. The molecule has 0 heterocycles. The standard InChI is InChI=1S/C22H17Cl2NO2S/c23-18-10-6-11-19(24)17(18)13-28-14-21(26)25-20-12-5-4-9-16(20)22(27)15-7-2-1-3-8-15/h1-12H,13-14H2,(H,25,26). The Morgan fingerprint density at radius 2 is 1.46 bits per heavy atom. The van der Waals surface area contributed by atoms with Gasteiger partial charge in [-0.15, -0.1) is 11.8 Å². The van der Waals surface area contributed by atoms with Crippen molar-refractivity contribution in [2.24, 2.45) is 0 Å². The quantitative estimate of drug-likeness (QED) is 0.461. The monoisotopic (exact) mass is 429 g/mol. The molecule has 0 saturated heterocycles. The topological polar surface area (TPSA) is 46.2 Å². The number of rotatable bonds is 7. The first-order chi connectivity index (χ1) is 13.6. The molecule has 142 valence electrons. The van der Waals surface area contributed by atoms with Gasteiger partial charge in [0.25, 0.3) is 0 Å². The number of amides is 1. The second kappa shape index (κ2) is 9.78. The molecule has 3 aromatic carbocycles. The van der Waals surface area contributed by atoms with Crippen LogP contribution in [-0.2, 0) is 10.5 Å². The van der Waals surface area contributed by atoms with Crippen molar-refractivity contribution in [1.29, 1.82) is 0 Å². The molecule has 1 N–H and O–H groups in total. The number of benzene rings is 3. The summed E-state index contributed by atoms with van der Waals surface area (Å²) < 4.78 is 0. The van der Waals surface area contributed by atoms with Crippen molar-refractivity contribution in [3.63, 3.8) is 0 Å². The molecule has 0 atom stereocenters. The highest BCUT2D eigenvalue weighted by atomic mass is 35.5. The number of carbonyl (C=O) groups is 2. The van der Waals surface area contributed by atoms with E-state index in [1.165, 1.54) is 11.8 Å². The highest BCUT2D eigenvalue weighted by Gasteiger charge is 2.15. The fourth-order valence-corrected chi connectivity index (χ4v) is 4.20. The largest absolute Gasteiger partial charge is 0.325 e. The number of thioether (sulfide) groups is 1. The number of halogens is 2. The zero-order chi connectivity index (χ0) is 19.9. The van der Waals surface area contributed by atoms with E-state index in [4.69, 9.17) is 23.2 Å². The van der Waals surface area contributed by atoms with Crippen LogP contribution in [0.15, 0.2) is 72.8 Å². The van der Waals surface area contributed by atoms with Crippen LogP contribution in [0.4, 0.5) is 5.69 Å². The summed E-state index contributed by atoms with van der Waals surface area (Å²) in [6.07, 6.45) is 0. The number of carbonyl (C=O) groups excluding carboxylic acids is 2. The minimum atomic E-state index is -0.193. The van der Waals surface area contributed by atoms with Gasteiger partial charge in [0.2, 0.25) is 5.91 Å². The number of nitrogens with one attached hydrogen (secondary N) is 1. The Morgan fingerprint density at radius 3 is 2.18 bits per heavy atom. The van der Waals surface area contributed by atoms with Crippen molar-refractivity contribution in [3.8, 4) is 0 Å². The van der Waals surface area contributed by atoms with Gasteiger partial charge < -0.3 is 5.32 Å². The molecule has 0 fully saturated rings. The van der Waals surface area contributed by atoms with Crippen LogP contribution in [0, 0.1) is 0 Å². The van der Waals surface area contributed by atoms with E-state index in [2.05, 4.69) is 5.32 Å². The second-order valence-corrected chi connectivity index (χ2v) is 7.78. The van der Waals surface area contributed by atoms with Crippen molar-refractivity contribution < 1.29 is 9.59 Å². The molecule has 3 nitrogen and oxygen atoms in total. The highest BCUT2D eigenvalue weighted by Crippen LogP contribution is 2.28. The Hall–Kier alpha value is -2.27. The lowest BCUT2D eigenvalue weighted by atomic mass is 10.0. The zero-order valence-corrected chi connectivity index (χ0v) is 17.2. The number of anilines is 1. The van der Waals surface area contributed by atoms with Crippen molar-refractivity contribution in [2.75, 3.05) is 11.1 Å². The fourth-order valence-electron chi connectivity index (χ4n) is 2.64. The average molecular weight is 430 g/mol. The van der Waals surface area contributed by atoms with Crippen molar-refractivity contribution >= 4 is 52.3 Å². The van der Waals surface area contributed by atoms with Crippen molar-refractivity contribution in [2.45, 2.75) is 5.75 Å². The Kier molecular flexibility index (Phi) is 7.15. The number of ketones is 1. The van der Waals surface area contributed by atoms with Gasteiger partial charge in [0.15, 0.2) is 5.78 Å². The Bertz CT molecular complexity index is 973. The first kappa shape index (κ1) is 20.5. The van der Waals surface area contributed by atoms with Gasteiger partial charge in [-0.25, -0.2) is 0 Å². The van der Waals surface area contributed by atoms with Gasteiger partial charge in [-0.3, -0.25) is 9.59 Å². The zero-order valence-electron chi connectivity index (χ0n) is 14.8. The summed E-state index contributed by atoms with van der Waals surface area (Å²) >= 11 is 13.7. The molecule has 28 heavy (non-hydrogen) atoms. The van der Waals surface area contributed by atoms with E-state index in [1.54, 1.807) is 54.6 Å². The maximum absolute atomic E-state index is 12.7. The van der Waals surface area contributed by atoms with E-state index in [9.17, 15) is 9.59 Å². The van der Waals surface area contributed by atoms with Crippen LogP contribution < -0.4 is 5.32 Å². The summed E-state index contributed by atoms with van der Waals surface area (Å²) in [5, 5.41) is 4.00. The maximum Gasteiger partial charge on any atom is 0.234 e. The van der Waals surface area contributed by atoms with Crippen LogP contribution >= 0.6 is 35.0 Å². The number of hydrogen-bond donors (Lipinski definition) is 1. The smallest absolute Gasteiger partial charge is 0.234 e. The summed E-state index contributed by atoms with van der Waals surface area (Å²) in [6, 6.07) is 21.3. The SMILES string of the molecule is O=C(CSCc1c(Cl)cccc1Cl)Nc1ccccc1C(=O)c1ccccc1. The third-order valence-corrected chi connectivity index (χ3v) is 5.69. The minimum absolute atomic E-state index is 0.132. The van der Waals surface area contributed by atoms with Gasteiger partial charge in [-0.1, -0.05) is 71.7 Å². The lowest BCUT2D eigenvalue weighted by Crippen LogP contribution is -2.17. The van der Waals surface area contributed by atoms with Crippen LogP contribution in [0.25, 0.3) is 0 Å². The lowest BCUT2D eigenvalue weighted by molar-refractivity contribution is -0.113. The van der Waals surface area contributed by atoms with Gasteiger partial charge in [-0.05, 0) is 29.8 Å². The molecule has 1 amide bonds.